The highest BCUT2D eigenvalue weighted by molar-refractivity contribution is 5.48. The van der Waals surface area contributed by atoms with E-state index >= 15 is 0 Å². The highest BCUT2D eigenvalue weighted by Gasteiger charge is 2.43. The lowest BCUT2D eigenvalue weighted by molar-refractivity contribution is 0.417. The summed E-state index contributed by atoms with van der Waals surface area (Å²) < 4.78 is 0. The lowest BCUT2D eigenvalue weighted by Crippen LogP contribution is -2.47. The molecular weight excluding hydrogens is 224 g/mol. The summed E-state index contributed by atoms with van der Waals surface area (Å²) in [6.45, 7) is 4.25. The maximum absolute atomic E-state index is 11.5. The van der Waals surface area contributed by atoms with Gasteiger partial charge in [-0.2, -0.15) is 0 Å². The second-order valence-corrected chi connectivity index (χ2v) is 5.54. The SMILES string of the molecule is CC(C)=C1C2C=CCC1(N)c1ccc(=O)[nH]c1C2. The first-order valence-corrected chi connectivity index (χ1v) is 6.38. The number of hydrogen-bond donors (Lipinski definition) is 2. The molecule has 2 unspecified atom stereocenters. The molecule has 1 aromatic rings. The summed E-state index contributed by atoms with van der Waals surface area (Å²) in [4.78, 5) is 14.4. The van der Waals surface area contributed by atoms with Crippen LogP contribution in [0, 0.1) is 5.92 Å². The van der Waals surface area contributed by atoms with Crippen molar-refractivity contribution in [1.82, 2.24) is 4.98 Å². The number of aromatic nitrogens is 1. The van der Waals surface area contributed by atoms with Crippen molar-refractivity contribution in [2.24, 2.45) is 11.7 Å². The topological polar surface area (TPSA) is 58.9 Å². The van der Waals surface area contributed by atoms with E-state index in [1.54, 1.807) is 6.07 Å². The molecule has 3 N–H and O–H groups in total. The molecule has 2 aliphatic carbocycles. The molecule has 2 bridgehead atoms. The smallest absolute Gasteiger partial charge is 0.248 e. The standard InChI is InChI=1S/C15H18N2O/c1-9(2)14-10-4-3-7-15(14,16)11-5-6-13(18)17-12(11)8-10/h3-6,10H,7-8,16H2,1-2H3,(H,17,18). The van der Waals surface area contributed by atoms with Crippen LogP contribution in [-0.4, -0.2) is 4.98 Å². The van der Waals surface area contributed by atoms with Gasteiger partial charge in [0, 0.05) is 17.7 Å². The molecule has 0 saturated heterocycles. The van der Waals surface area contributed by atoms with Gasteiger partial charge in [-0.25, -0.2) is 0 Å². The van der Waals surface area contributed by atoms with Gasteiger partial charge >= 0.3 is 0 Å². The average Bonchev–Trinajstić information content (AvgIpc) is 2.26. The first-order chi connectivity index (χ1) is 8.52. The van der Waals surface area contributed by atoms with E-state index in [1.807, 2.05) is 6.07 Å². The highest BCUT2D eigenvalue weighted by atomic mass is 16.1. The second-order valence-electron chi connectivity index (χ2n) is 5.54. The highest BCUT2D eigenvalue weighted by Crippen LogP contribution is 2.46. The number of nitrogens with one attached hydrogen (secondary N) is 1. The number of rotatable bonds is 0. The molecule has 0 aliphatic heterocycles. The quantitative estimate of drug-likeness (QED) is 0.684. The third kappa shape index (κ3) is 1.44. The molecule has 0 fully saturated rings. The van der Waals surface area contributed by atoms with Gasteiger partial charge in [0.2, 0.25) is 5.56 Å². The largest absolute Gasteiger partial charge is 0.326 e. The molecule has 2 atom stereocenters. The predicted molar refractivity (Wildman–Crippen MR) is 72.3 cm³/mol. The van der Waals surface area contributed by atoms with E-state index in [-0.39, 0.29) is 5.56 Å². The summed E-state index contributed by atoms with van der Waals surface area (Å²) in [5.41, 5.74) is 10.9. The summed E-state index contributed by atoms with van der Waals surface area (Å²) in [6, 6.07) is 3.47. The number of pyridine rings is 1. The van der Waals surface area contributed by atoms with Crippen LogP contribution in [0.3, 0.4) is 0 Å². The average molecular weight is 242 g/mol. The minimum Gasteiger partial charge on any atom is -0.326 e. The molecule has 0 aromatic carbocycles. The fourth-order valence-electron chi connectivity index (χ4n) is 3.51. The van der Waals surface area contributed by atoms with Gasteiger partial charge in [0.1, 0.15) is 0 Å². The van der Waals surface area contributed by atoms with Crippen LogP contribution >= 0.6 is 0 Å². The lowest BCUT2D eigenvalue weighted by atomic mass is 9.64. The van der Waals surface area contributed by atoms with Crippen molar-refractivity contribution in [3.63, 3.8) is 0 Å². The van der Waals surface area contributed by atoms with E-state index in [9.17, 15) is 4.79 Å². The zero-order valence-electron chi connectivity index (χ0n) is 10.8. The van der Waals surface area contributed by atoms with Crippen LogP contribution in [0.2, 0.25) is 0 Å². The number of fused-ring (bicyclic) bond motifs is 4. The van der Waals surface area contributed by atoms with Gasteiger partial charge in [-0.05, 0) is 43.9 Å². The molecule has 94 valence electrons. The van der Waals surface area contributed by atoms with Crippen LogP contribution in [0.1, 0.15) is 31.5 Å². The van der Waals surface area contributed by atoms with Gasteiger partial charge in [0.15, 0.2) is 0 Å². The van der Waals surface area contributed by atoms with Crippen LogP contribution in [0.4, 0.5) is 0 Å². The van der Waals surface area contributed by atoms with Crippen LogP contribution in [0.15, 0.2) is 40.2 Å². The third-order valence-corrected chi connectivity index (χ3v) is 4.10. The summed E-state index contributed by atoms with van der Waals surface area (Å²) in [5.74, 6) is 0.333. The fraction of sp³-hybridized carbons (Fsp3) is 0.400. The van der Waals surface area contributed by atoms with Gasteiger partial charge in [-0.3, -0.25) is 4.79 Å². The molecule has 3 nitrogen and oxygen atoms in total. The first-order valence-electron chi connectivity index (χ1n) is 6.38. The van der Waals surface area contributed by atoms with Crippen molar-refractivity contribution in [1.29, 1.82) is 0 Å². The van der Waals surface area contributed by atoms with Crippen molar-refractivity contribution in [3.05, 3.63) is 57.0 Å². The Morgan fingerprint density at radius 1 is 1.44 bits per heavy atom. The molecule has 3 rings (SSSR count). The van der Waals surface area contributed by atoms with Gasteiger partial charge < -0.3 is 10.7 Å². The van der Waals surface area contributed by atoms with E-state index < -0.39 is 5.54 Å². The van der Waals surface area contributed by atoms with Crippen molar-refractivity contribution in [3.8, 4) is 0 Å². The summed E-state index contributed by atoms with van der Waals surface area (Å²) in [5, 5.41) is 0. The van der Waals surface area contributed by atoms with E-state index in [4.69, 9.17) is 5.73 Å². The van der Waals surface area contributed by atoms with Gasteiger partial charge in [-0.1, -0.05) is 17.7 Å². The molecule has 1 aromatic heterocycles. The van der Waals surface area contributed by atoms with Crippen LogP contribution in [-0.2, 0) is 12.0 Å². The van der Waals surface area contributed by atoms with Crippen LogP contribution in [0.5, 0.6) is 0 Å². The number of hydrogen-bond acceptors (Lipinski definition) is 2. The summed E-state index contributed by atoms with van der Waals surface area (Å²) >= 11 is 0. The molecule has 3 heteroatoms. The zero-order valence-corrected chi connectivity index (χ0v) is 10.8. The maximum Gasteiger partial charge on any atom is 0.248 e. The van der Waals surface area contributed by atoms with Crippen molar-refractivity contribution >= 4 is 0 Å². The monoisotopic (exact) mass is 242 g/mol. The Bertz CT molecular complexity index is 620. The van der Waals surface area contributed by atoms with Crippen molar-refractivity contribution in [2.75, 3.05) is 0 Å². The molecule has 18 heavy (non-hydrogen) atoms. The Hall–Kier alpha value is -1.61. The Balaban J connectivity index is 2.31. The minimum absolute atomic E-state index is 0.0416. The van der Waals surface area contributed by atoms with Gasteiger partial charge in [-0.15, -0.1) is 0 Å². The van der Waals surface area contributed by atoms with E-state index in [1.165, 1.54) is 11.1 Å². The third-order valence-electron chi connectivity index (χ3n) is 4.10. The maximum atomic E-state index is 11.5. The van der Waals surface area contributed by atoms with Crippen molar-refractivity contribution in [2.45, 2.75) is 32.2 Å². The Kier molecular flexibility index (Phi) is 2.35. The second kappa shape index (κ2) is 3.69. The van der Waals surface area contributed by atoms with E-state index in [0.29, 0.717) is 5.92 Å². The fourth-order valence-corrected chi connectivity index (χ4v) is 3.51. The normalized spacial score (nSPS) is 29.1. The molecule has 0 radical (unpaired) electrons. The van der Waals surface area contributed by atoms with Crippen LogP contribution in [0.25, 0.3) is 0 Å². The predicted octanol–water partition coefficient (Wildman–Crippen LogP) is 2.00. The Labute approximate surface area is 106 Å². The lowest BCUT2D eigenvalue weighted by Gasteiger charge is -2.44. The Morgan fingerprint density at radius 2 is 2.22 bits per heavy atom. The van der Waals surface area contributed by atoms with Crippen molar-refractivity contribution < 1.29 is 0 Å². The molecular formula is C15H18N2O. The molecule has 0 saturated carbocycles. The van der Waals surface area contributed by atoms with Gasteiger partial charge in [0.25, 0.3) is 0 Å². The molecule has 1 heterocycles. The first kappa shape index (κ1) is 11.5. The Morgan fingerprint density at radius 3 is 2.94 bits per heavy atom. The van der Waals surface area contributed by atoms with E-state index in [0.717, 1.165) is 24.1 Å². The number of nitrogens with two attached hydrogens (primary N) is 1. The number of allylic oxidation sites excluding steroid dienone is 2. The van der Waals surface area contributed by atoms with Gasteiger partial charge in [0.05, 0.1) is 5.54 Å². The van der Waals surface area contributed by atoms with E-state index in [2.05, 4.69) is 31.0 Å². The number of aromatic amines is 1. The van der Waals surface area contributed by atoms with Crippen LogP contribution < -0.4 is 11.3 Å². The molecule has 2 aliphatic rings. The summed E-state index contributed by atoms with van der Waals surface area (Å²) in [6.07, 6.45) is 6.05. The summed E-state index contributed by atoms with van der Waals surface area (Å²) in [7, 11) is 0. The molecule has 0 amide bonds. The zero-order chi connectivity index (χ0) is 12.9. The number of H-pyrrole nitrogens is 1. The minimum atomic E-state index is -0.434. The molecule has 0 spiro atoms.